The summed E-state index contributed by atoms with van der Waals surface area (Å²) in [5.74, 6) is 0.804. The van der Waals surface area contributed by atoms with Crippen molar-refractivity contribution in [1.82, 2.24) is 14.9 Å². The van der Waals surface area contributed by atoms with E-state index >= 15 is 0 Å². The molecule has 2 heterocycles. The summed E-state index contributed by atoms with van der Waals surface area (Å²) >= 11 is 0. The lowest BCUT2D eigenvalue weighted by Gasteiger charge is -2.13. The molecule has 0 unspecified atom stereocenters. The average molecular weight is 289 g/mol. The van der Waals surface area contributed by atoms with Gasteiger partial charge in [-0.25, -0.2) is 4.98 Å². The van der Waals surface area contributed by atoms with E-state index in [0.29, 0.717) is 5.39 Å². The molecule has 0 aliphatic carbocycles. The van der Waals surface area contributed by atoms with Crippen molar-refractivity contribution in [2.75, 3.05) is 26.7 Å². The van der Waals surface area contributed by atoms with Crippen LogP contribution in [0.1, 0.15) is 24.2 Å². The zero-order valence-corrected chi connectivity index (χ0v) is 12.7. The number of hydrogen-bond donors (Lipinski definition) is 2. The summed E-state index contributed by atoms with van der Waals surface area (Å²) in [6, 6.07) is 5.73. The minimum absolute atomic E-state index is 0.0230. The molecule has 1 fully saturated rings. The Labute approximate surface area is 124 Å². The number of aliphatic hydroxyl groups is 1. The molecular formula is C16H23N3O2. The minimum atomic E-state index is -0.0230. The Morgan fingerprint density at radius 3 is 2.71 bits per heavy atom. The fraction of sp³-hybridized carbons (Fsp3) is 0.500. The van der Waals surface area contributed by atoms with Crippen LogP contribution < -0.4 is 5.56 Å². The first-order valence-electron chi connectivity index (χ1n) is 7.39. The Balaban J connectivity index is 0.000000774. The molecule has 0 amide bonds. The molecule has 0 radical (unpaired) electrons. The first-order chi connectivity index (χ1) is 10.2. The van der Waals surface area contributed by atoms with Crippen molar-refractivity contribution in [3.05, 3.63) is 39.9 Å². The zero-order valence-electron chi connectivity index (χ0n) is 12.7. The van der Waals surface area contributed by atoms with Crippen molar-refractivity contribution in [2.24, 2.45) is 0 Å². The second kappa shape index (κ2) is 7.33. The van der Waals surface area contributed by atoms with Crippen LogP contribution in [0.3, 0.4) is 0 Å². The van der Waals surface area contributed by atoms with Crippen LogP contribution in [0.15, 0.2) is 23.0 Å². The maximum absolute atomic E-state index is 12.0. The van der Waals surface area contributed by atoms with Gasteiger partial charge in [0.1, 0.15) is 5.82 Å². The molecule has 1 aliphatic rings. The van der Waals surface area contributed by atoms with Gasteiger partial charge in [0.25, 0.3) is 5.56 Å². The van der Waals surface area contributed by atoms with Crippen LogP contribution in [0, 0.1) is 6.92 Å². The van der Waals surface area contributed by atoms with E-state index in [9.17, 15) is 4.79 Å². The number of likely N-dealkylation sites (tertiary alicyclic amines) is 1. The molecule has 2 N–H and O–H groups in total. The number of H-pyrrole nitrogens is 1. The topological polar surface area (TPSA) is 69.2 Å². The number of aliphatic hydroxyl groups excluding tert-OH is 1. The van der Waals surface area contributed by atoms with E-state index in [1.165, 1.54) is 25.9 Å². The molecule has 0 spiro atoms. The fourth-order valence-corrected chi connectivity index (χ4v) is 2.74. The Hall–Kier alpha value is -1.72. The molecule has 1 aromatic carbocycles. The van der Waals surface area contributed by atoms with Crippen molar-refractivity contribution in [3.63, 3.8) is 0 Å². The van der Waals surface area contributed by atoms with Gasteiger partial charge in [0.15, 0.2) is 0 Å². The van der Waals surface area contributed by atoms with Gasteiger partial charge in [-0.2, -0.15) is 0 Å². The molecule has 2 aromatic rings. The van der Waals surface area contributed by atoms with Crippen LogP contribution in [0.4, 0.5) is 0 Å². The molecule has 5 nitrogen and oxygen atoms in total. The lowest BCUT2D eigenvalue weighted by molar-refractivity contribution is 0.341. The number of rotatable bonds is 3. The Kier molecular flexibility index (Phi) is 5.47. The first kappa shape index (κ1) is 15.7. The largest absolute Gasteiger partial charge is 0.400 e. The van der Waals surface area contributed by atoms with Gasteiger partial charge >= 0.3 is 0 Å². The summed E-state index contributed by atoms with van der Waals surface area (Å²) in [6.45, 7) is 5.34. The lowest BCUT2D eigenvalue weighted by atomic mass is 10.1. The quantitative estimate of drug-likeness (QED) is 0.898. The molecule has 5 heteroatoms. The number of benzene rings is 1. The van der Waals surface area contributed by atoms with Gasteiger partial charge in [-0.3, -0.25) is 4.79 Å². The summed E-state index contributed by atoms with van der Waals surface area (Å²) in [5, 5.41) is 7.69. The van der Waals surface area contributed by atoms with Crippen LogP contribution in [0.2, 0.25) is 0 Å². The van der Waals surface area contributed by atoms with Crippen LogP contribution in [0.5, 0.6) is 0 Å². The molecule has 1 aliphatic heterocycles. The third kappa shape index (κ3) is 3.68. The Morgan fingerprint density at radius 2 is 2.00 bits per heavy atom. The maximum Gasteiger partial charge on any atom is 0.258 e. The van der Waals surface area contributed by atoms with Gasteiger partial charge in [0.05, 0.1) is 10.9 Å². The van der Waals surface area contributed by atoms with Crippen molar-refractivity contribution in [1.29, 1.82) is 0 Å². The summed E-state index contributed by atoms with van der Waals surface area (Å²) < 4.78 is 0. The van der Waals surface area contributed by atoms with E-state index < -0.39 is 0 Å². The van der Waals surface area contributed by atoms with Gasteiger partial charge in [-0.15, -0.1) is 0 Å². The number of aromatic nitrogens is 2. The van der Waals surface area contributed by atoms with Gasteiger partial charge in [-0.05, 0) is 44.5 Å². The molecular weight excluding hydrogens is 266 g/mol. The highest BCUT2D eigenvalue weighted by atomic mass is 16.2. The average Bonchev–Trinajstić information content (AvgIpc) is 3.02. The number of nitrogens with zero attached hydrogens (tertiary/aromatic N) is 2. The molecule has 0 saturated carbocycles. The molecule has 0 bridgehead atoms. The number of aromatic amines is 1. The predicted molar refractivity (Wildman–Crippen MR) is 84.6 cm³/mol. The van der Waals surface area contributed by atoms with Crippen molar-refractivity contribution in [2.45, 2.75) is 26.2 Å². The van der Waals surface area contributed by atoms with E-state index in [4.69, 9.17) is 5.11 Å². The van der Waals surface area contributed by atoms with Crippen LogP contribution in [-0.4, -0.2) is 46.7 Å². The fourth-order valence-electron chi connectivity index (χ4n) is 2.74. The smallest absolute Gasteiger partial charge is 0.258 e. The molecule has 1 saturated heterocycles. The zero-order chi connectivity index (χ0) is 15.2. The second-order valence-electron chi connectivity index (χ2n) is 5.28. The van der Waals surface area contributed by atoms with E-state index in [1.54, 1.807) is 0 Å². The lowest BCUT2D eigenvalue weighted by Crippen LogP contribution is -2.24. The normalized spacial score (nSPS) is 15.0. The predicted octanol–water partition coefficient (Wildman–Crippen LogP) is 1.48. The van der Waals surface area contributed by atoms with Crippen molar-refractivity contribution < 1.29 is 5.11 Å². The molecule has 1 aromatic heterocycles. The molecule has 3 rings (SSSR count). The highest BCUT2D eigenvalue weighted by Crippen LogP contribution is 2.13. The number of hydrogen-bond acceptors (Lipinski definition) is 4. The molecule has 114 valence electrons. The van der Waals surface area contributed by atoms with E-state index in [0.717, 1.165) is 37.0 Å². The summed E-state index contributed by atoms with van der Waals surface area (Å²) in [6.07, 6.45) is 3.40. The highest BCUT2D eigenvalue weighted by molar-refractivity contribution is 5.80. The van der Waals surface area contributed by atoms with Gasteiger partial charge in [0.2, 0.25) is 0 Å². The maximum atomic E-state index is 12.0. The van der Waals surface area contributed by atoms with Crippen LogP contribution in [0.25, 0.3) is 10.9 Å². The first-order valence-corrected chi connectivity index (χ1v) is 7.39. The van der Waals surface area contributed by atoms with Crippen molar-refractivity contribution in [3.8, 4) is 0 Å². The SMILES string of the molecule is CO.Cc1cccc2c(=O)[nH]c(CCN3CCCC3)nc12. The summed E-state index contributed by atoms with van der Waals surface area (Å²) in [5.41, 5.74) is 1.87. The number of fused-ring (bicyclic) bond motifs is 1. The van der Waals surface area contributed by atoms with E-state index in [-0.39, 0.29) is 5.56 Å². The highest BCUT2D eigenvalue weighted by Gasteiger charge is 2.12. The van der Waals surface area contributed by atoms with Gasteiger partial charge < -0.3 is 15.0 Å². The third-order valence-electron chi connectivity index (χ3n) is 3.85. The van der Waals surface area contributed by atoms with Crippen LogP contribution >= 0.6 is 0 Å². The Morgan fingerprint density at radius 1 is 1.29 bits per heavy atom. The number of aryl methyl sites for hydroxylation is 1. The number of para-hydroxylation sites is 1. The minimum Gasteiger partial charge on any atom is -0.400 e. The van der Waals surface area contributed by atoms with E-state index in [2.05, 4.69) is 14.9 Å². The summed E-state index contributed by atoms with van der Waals surface area (Å²) in [4.78, 5) is 22.0. The molecule has 0 atom stereocenters. The third-order valence-corrected chi connectivity index (χ3v) is 3.85. The summed E-state index contributed by atoms with van der Waals surface area (Å²) in [7, 11) is 1.00. The standard InChI is InChI=1S/C15H19N3O.CH4O/c1-11-5-4-6-12-14(11)16-13(17-15(12)19)7-10-18-8-2-3-9-18;1-2/h4-6H,2-3,7-10H2,1H3,(H,16,17,19);2H,1H3. The number of nitrogens with one attached hydrogen (secondary N) is 1. The second-order valence-corrected chi connectivity index (χ2v) is 5.28. The molecule has 21 heavy (non-hydrogen) atoms. The van der Waals surface area contributed by atoms with Crippen LogP contribution in [-0.2, 0) is 6.42 Å². The van der Waals surface area contributed by atoms with Crippen molar-refractivity contribution >= 4 is 10.9 Å². The Bertz CT molecular complexity index is 646. The monoisotopic (exact) mass is 289 g/mol. The van der Waals surface area contributed by atoms with E-state index in [1.807, 2.05) is 25.1 Å². The van der Waals surface area contributed by atoms with Gasteiger partial charge in [-0.1, -0.05) is 12.1 Å². The van der Waals surface area contributed by atoms with Gasteiger partial charge in [0, 0.05) is 20.1 Å².